The highest BCUT2D eigenvalue weighted by atomic mass is 16.2. The van der Waals surface area contributed by atoms with E-state index < -0.39 is 0 Å². The number of aliphatic imine (C=N–C) groups is 1. The van der Waals surface area contributed by atoms with Gasteiger partial charge in [-0.2, -0.15) is 10.3 Å². The molecule has 5 heteroatoms. The minimum absolute atomic E-state index is 0.246. The van der Waals surface area contributed by atoms with Gasteiger partial charge in [-0.1, -0.05) is 12.1 Å². The summed E-state index contributed by atoms with van der Waals surface area (Å²) in [7, 11) is 0. The van der Waals surface area contributed by atoms with Gasteiger partial charge in [0, 0.05) is 6.04 Å². The van der Waals surface area contributed by atoms with Gasteiger partial charge in [0.25, 0.3) is 0 Å². The Hall–Kier alpha value is -2.35. The molecule has 2 amide bonds. The van der Waals surface area contributed by atoms with Crippen LogP contribution in [0.15, 0.2) is 29.3 Å². The topological polar surface area (TPSA) is 82.5 Å². The van der Waals surface area contributed by atoms with Crippen molar-refractivity contribution in [2.45, 2.75) is 24.9 Å². The first kappa shape index (κ1) is 10.8. The van der Waals surface area contributed by atoms with Gasteiger partial charge >= 0.3 is 6.03 Å². The molecule has 1 aliphatic heterocycles. The van der Waals surface area contributed by atoms with Crippen molar-refractivity contribution in [3.8, 4) is 6.07 Å². The van der Waals surface area contributed by atoms with E-state index in [9.17, 15) is 4.79 Å². The van der Waals surface area contributed by atoms with E-state index in [1.807, 2.05) is 12.1 Å². The van der Waals surface area contributed by atoms with Gasteiger partial charge in [-0.15, -0.1) is 0 Å². The largest absolute Gasteiger partial charge is 0.385 e. The highest BCUT2D eigenvalue weighted by molar-refractivity contribution is 6.03. The van der Waals surface area contributed by atoms with Crippen molar-refractivity contribution in [1.82, 2.24) is 4.90 Å². The first-order chi connectivity index (χ1) is 8.70. The predicted molar refractivity (Wildman–Crippen MR) is 65.8 cm³/mol. The van der Waals surface area contributed by atoms with Crippen LogP contribution in [0, 0.1) is 11.3 Å². The summed E-state index contributed by atoms with van der Waals surface area (Å²) in [5.74, 6) is 0.344. The number of nitrogens with zero attached hydrogens (tertiary/aromatic N) is 3. The van der Waals surface area contributed by atoms with Gasteiger partial charge in [0.1, 0.15) is 11.9 Å². The van der Waals surface area contributed by atoms with Crippen LogP contribution in [0.25, 0.3) is 0 Å². The Morgan fingerprint density at radius 3 is 2.56 bits per heavy atom. The summed E-state index contributed by atoms with van der Waals surface area (Å²) in [6, 6.07) is 8.95. The molecular formula is C13H12N4O. The highest BCUT2D eigenvalue weighted by Gasteiger charge is 2.43. The molecule has 18 heavy (non-hydrogen) atoms. The fourth-order valence-corrected chi connectivity index (χ4v) is 2.27. The zero-order valence-electron chi connectivity index (χ0n) is 9.71. The first-order valence-corrected chi connectivity index (χ1v) is 5.87. The van der Waals surface area contributed by atoms with E-state index >= 15 is 0 Å². The molecule has 0 spiro atoms. The second-order valence-corrected chi connectivity index (χ2v) is 4.59. The number of carbonyl (C=O) groups excluding carboxylic acids is 1. The van der Waals surface area contributed by atoms with Crippen LogP contribution < -0.4 is 5.73 Å². The first-order valence-electron chi connectivity index (χ1n) is 5.87. The van der Waals surface area contributed by atoms with Gasteiger partial charge in [0.2, 0.25) is 0 Å². The number of urea groups is 1. The molecule has 0 radical (unpaired) electrons. The summed E-state index contributed by atoms with van der Waals surface area (Å²) >= 11 is 0. The summed E-state index contributed by atoms with van der Waals surface area (Å²) in [5, 5.41) is 8.78. The van der Waals surface area contributed by atoms with Crippen LogP contribution in [0.4, 0.5) is 4.79 Å². The van der Waals surface area contributed by atoms with Crippen molar-refractivity contribution in [3.63, 3.8) is 0 Å². The van der Waals surface area contributed by atoms with Crippen molar-refractivity contribution in [3.05, 3.63) is 35.4 Å². The van der Waals surface area contributed by atoms with Gasteiger partial charge in [0.15, 0.2) is 0 Å². The van der Waals surface area contributed by atoms with Gasteiger partial charge in [-0.25, -0.2) is 4.79 Å². The smallest absolute Gasteiger partial charge is 0.346 e. The SMILES string of the molecule is N#Cc1ccc(C2C(N)=NC(=O)N2C2CC2)cc1. The standard InChI is InChI=1S/C13H12N4O/c14-7-8-1-3-9(4-2-8)11-12(15)16-13(18)17(11)10-5-6-10/h1-4,10-11H,5-6H2,(H2,15,16,18). The van der Waals surface area contributed by atoms with Crippen LogP contribution in [-0.4, -0.2) is 22.8 Å². The average molecular weight is 240 g/mol. The summed E-state index contributed by atoms with van der Waals surface area (Å²) < 4.78 is 0. The number of hydrogen-bond donors (Lipinski definition) is 1. The second kappa shape index (κ2) is 3.84. The van der Waals surface area contributed by atoms with Crippen LogP contribution in [-0.2, 0) is 0 Å². The van der Waals surface area contributed by atoms with Crippen molar-refractivity contribution < 1.29 is 4.79 Å². The summed E-state index contributed by atoms with van der Waals surface area (Å²) in [5.41, 5.74) is 7.35. The molecule has 1 atom stereocenters. The molecule has 1 aromatic rings. The van der Waals surface area contributed by atoms with E-state index in [4.69, 9.17) is 11.0 Å². The van der Waals surface area contributed by atoms with Crippen LogP contribution in [0.2, 0.25) is 0 Å². The summed E-state index contributed by atoms with van der Waals surface area (Å²) in [6.45, 7) is 0. The Kier molecular flexibility index (Phi) is 2.30. The lowest BCUT2D eigenvalue weighted by molar-refractivity contribution is 0.203. The molecule has 1 saturated carbocycles. The Morgan fingerprint density at radius 2 is 2.00 bits per heavy atom. The highest BCUT2D eigenvalue weighted by Crippen LogP contribution is 2.37. The summed E-state index contributed by atoms with van der Waals surface area (Å²) in [6.07, 6.45) is 2.03. The van der Waals surface area contributed by atoms with E-state index in [2.05, 4.69) is 11.1 Å². The Bertz CT molecular complexity index is 566. The van der Waals surface area contributed by atoms with Gasteiger partial charge in [-0.3, -0.25) is 0 Å². The van der Waals surface area contributed by atoms with Crippen LogP contribution in [0.1, 0.15) is 30.0 Å². The number of hydrogen-bond acceptors (Lipinski definition) is 3. The normalized spacial score (nSPS) is 22.8. The molecule has 1 fully saturated rings. The zero-order valence-corrected chi connectivity index (χ0v) is 9.71. The van der Waals surface area contributed by atoms with Crippen molar-refractivity contribution >= 4 is 11.9 Å². The molecule has 1 unspecified atom stereocenters. The number of nitrogens with two attached hydrogens (primary N) is 1. The maximum absolute atomic E-state index is 11.8. The van der Waals surface area contributed by atoms with E-state index in [0.717, 1.165) is 18.4 Å². The van der Waals surface area contributed by atoms with Crippen LogP contribution >= 0.6 is 0 Å². The van der Waals surface area contributed by atoms with Crippen LogP contribution in [0.3, 0.4) is 0 Å². The van der Waals surface area contributed by atoms with Crippen molar-refractivity contribution in [2.75, 3.05) is 0 Å². The molecule has 2 N–H and O–H groups in total. The van der Waals surface area contributed by atoms with Gasteiger partial charge < -0.3 is 10.6 Å². The van der Waals surface area contributed by atoms with E-state index in [1.54, 1.807) is 17.0 Å². The Labute approximate surface area is 105 Å². The third kappa shape index (κ3) is 1.63. The van der Waals surface area contributed by atoms with Crippen molar-refractivity contribution in [2.24, 2.45) is 10.7 Å². The van der Waals surface area contributed by atoms with E-state index in [0.29, 0.717) is 11.4 Å². The number of benzene rings is 1. The second-order valence-electron chi connectivity index (χ2n) is 4.59. The minimum Gasteiger partial charge on any atom is -0.385 e. The Morgan fingerprint density at radius 1 is 1.33 bits per heavy atom. The maximum Gasteiger partial charge on any atom is 0.346 e. The molecule has 5 nitrogen and oxygen atoms in total. The van der Waals surface area contributed by atoms with Gasteiger partial charge in [0.05, 0.1) is 11.6 Å². The molecule has 1 aromatic carbocycles. The fraction of sp³-hybridized carbons (Fsp3) is 0.308. The average Bonchev–Trinajstić information content (AvgIpc) is 3.15. The molecule has 1 heterocycles. The van der Waals surface area contributed by atoms with E-state index in [1.165, 1.54) is 0 Å². The number of nitriles is 1. The lowest BCUT2D eigenvalue weighted by Crippen LogP contribution is -2.34. The van der Waals surface area contributed by atoms with Crippen molar-refractivity contribution in [1.29, 1.82) is 5.26 Å². The lowest BCUT2D eigenvalue weighted by Gasteiger charge is -2.24. The quantitative estimate of drug-likeness (QED) is 0.851. The van der Waals surface area contributed by atoms with Crippen LogP contribution in [0.5, 0.6) is 0 Å². The Balaban J connectivity index is 1.95. The minimum atomic E-state index is -0.266. The third-order valence-corrected chi connectivity index (χ3v) is 3.30. The summed E-state index contributed by atoms with van der Waals surface area (Å²) in [4.78, 5) is 17.4. The predicted octanol–water partition coefficient (Wildman–Crippen LogP) is 1.55. The molecule has 3 rings (SSSR count). The molecular weight excluding hydrogens is 228 g/mol. The molecule has 0 aromatic heterocycles. The van der Waals surface area contributed by atoms with Gasteiger partial charge in [-0.05, 0) is 30.5 Å². The molecule has 2 aliphatic rings. The third-order valence-electron chi connectivity index (χ3n) is 3.30. The zero-order chi connectivity index (χ0) is 12.7. The maximum atomic E-state index is 11.8. The number of amides is 2. The monoisotopic (exact) mass is 240 g/mol. The molecule has 90 valence electrons. The number of rotatable bonds is 2. The molecule has 1 aliphatic carbocycles. The number of amidine groups is 1. The lowest BCUT2D eigenvalue weighted by atomic mass is 10.0. The fourth-order valence-electron chi connectivity index (χ4n) is 2.27. The number of carbonyl (C=O) groups is 1. The van der Waals surface area contributed by atoms with E-state index in [-0.39, 0.29) is 18.1 Å². The molecule has 0 saturated heterocycles. The molecule has 0 bridgehead atoms.